The van der Waals surface area contributed by atoms with Gasteiger partial charge in [-0.3, -0.25) is 0 Å². The van der Waals surface area contributed by atoms with Crippen molar-refractivity contribution in [2.45, 2.75) is 25.1 Å². The number of hydrogen-bond acceptors (Lipinski definition) is 5. The van der Waals surface area contributed by atoms with Crippen molar-refractivity contribution >= 4 is 23.3 Å². The molecule has 0 fully saturated rings. The fraction of sp³-hybridized carbons (Fsp3) is 0.545. The number of aliphatic hydroxyl groups excluding tert-OH is 1. The van der Waals surface area contributed by atoms with Crippen LogP contribution in [0.25, 0.3) is 0 Å². The highest BCUT2D eigenvalue weighted by Crippen LogP contribution is 2.17. The van der Waals surface area contributed by atoms with Gasteiger partial charge in [0.2, 0.25) is 0 Å². The number of nitrogens with one attached hydrogen (secondary N) is 1. The number of aryl methyl sites for hydroxylation is 1. The standard InChI is InChI=1S/C11H19N3OS/c1-7-4-11(13-5-9(7)12)14-8(2)10(6-15)16-3/h4-5,8,10,15H,6,12H2,1-3H3,(H,13,14). The Balaban J connectivity index is 2.69. The van der Waals surface area contributed by atoms with Gasteiger partial charge in [-0.1, -0.05) is 0 Å². The van der Waals surface area contributed by atoms with Crippen LogP contribution < -0.4 is 11.1 Å². The van der Waals surface area contributed by atoms with Gasteiger partial charge in [0.05, 0.1) is 18.5 Å². The van der Waals surface area contributed by atoms with Crippen LogP contribution in [0, 0.1) is 6.92 Å². The number of rotatable bonds is 5. The second kappa shape index (κ2) is 5.96. The van der Waals surface area contributed by atoms with Crippen LogP contribution in [-0.4, -0.2) is 34.2 Å². The summed E-state index contributed by atoms with van der Waals surface area (Å²) in [6.45, 7) is 4.14. The summed E-state index contributed by atoms with van der Waals surface area (Å²) in [5.74, 6) is 0.798. The molecule has 0 spiro atoms. The molecule has 1 rings (SSSR count). The van der Waals surface area contributed by atoms with E-state index in [0.717, 1.165) is 11.4 Å². The molecule has 0 amide bonds. The van der Waals surface area contributed by atoms with Crippen LogP contribution in [0.1, 0.15) is 12.5 Å². The minimum Gasteiger partial charge on any atom is -0.397 e. The molecule has 0 saturated carbocycles. The molecule has 4 nitrogen and oxygen atoms in total. The Morgan fingerprint density at radius 2 is 2.31 bits per heavy atom. The van der Waals surface area contributed by atoms with Gasteiger partial charge in [0.25, 0.3) is 0 Å². The third kappa shape index (κ3) is 3.28. The van der Waals surface area contributed by atoms with Crippen molar-refractivity contribution < 1.29 is 5.11 Å². The highest BCUT2D eigenvalue weighted by molar-refractivity contribution is 7.99. The quantitative estimate of drug-likeness (QED) is 0.728. The van der Waals surface area contributed by atoms with E-state index in [0.29, 0.717) is 5.69 Å². The summed E-state index contributed by atoms with van der Waals surface area (Å²) in [5.41, 5.74) is 7.40. The molecule has 1 aromatic heterocycles. The second-order valence-electron chi connectivity index (χ2n) is 3.82. The molecule has 0 bridgehead atoms. The molecule has 4 N–H and O–H groups in total. The molecule has 2 unspecified atom stereocenters. The zero-order valence-electron chi connectivity index (χ0n) is 9.90. The van der Waals surface area contributed by atoms with Crippen molar-refractivity contribution in [3.63, 3.8) is 0 Å². The maximum Gasteiger partial charge on any atom is 0.126 e. The van der Waals surface area contributed by atoms with Crippen LogP contribution in [0.15, 0.2) is 12.3 Å². The zero-order chi connectivity index (χ0) is 12.1. The molecule has 0 aromatic carbocycles. The highest BCUT2D eigenvalue weighted by atomic mass is 32.2. The van der Waals surface area contributed by atoms with Crippen molar-refractivity contribution in [3.05, 3.63) is 17.8 Å². The van der Waals surface area contributed by atoms with Crippen molar-refractivity contribution in [3.8, 4) is 0 Å². The van der Waals surface area contributed by atoms with Gasteiger partial charge >= 0.3 is 0 Å². The van der Waals surface area contributed by atoms with Crippen molar-refractivity contribution in [2.75, 3.05) is 23.9 Å². The van der Waals surface area contributed by atoms with Crippen LogP contribution in [-0.2, 0) is 0 Å². The monoisotopic (exact) mass is 241 g/mol. The Hall–Kier alpha value is -0.940. The number of nitrogens with two attached hydrogens (primary N) is 1. The first-order chi connectivity index (χ1) is 7.58. The maximum absolute atomic E-state index is 9.17. The summed E-state index contributed by atoms with van der Waals surface area (Å²) in [5, 5.41) is 12.6. The van der Waals surface area contributed by atoms with E-state index in [1.165, 1.54) is 0 Å². The topological polar surface area (TPSA) is 71.2 Å². The number of aromatic nitrogens is 1. The first-order valence-electron chi connectivity index (χ1n) is 5.20. The van der Waals surface area contributed by atoms with Crippen LogP contribution in [0.4, 0.5) is 11.5 Å². The van der Waals surface area contributed by atoms with Gasteiger partial charge in [0.1, 0.15) is 5.82 Å². The molecule has 16 heavy (non-hydrogen) atoms. The normalized spacial score (nSPS) is 14.5. The van der Waals surface area contributed by atoms with Gasteiger partial charge in [0.15, 0.2) is 0 Å². The lowest BCUT2D eigenvalue weighted by molar-refractivity contribution is 0.288. The summed E-state index contributed by atoms with van der Waals surface area (Å²) in [6, 6.07) is 2.08. The van der Waals surface area contributed by atoms with Crippen LogP contribution >= 0.6 is 11.8 Å². The van der Waals surface area contributed by atoms with Crippen molar-refractivity contribution in [1.29, 1.82) is 0 Å². The summed E-state index contributed by atoms with van der Waals surface area (Å²) in [6.07, 6.45) is 3.64. The molecule has 5 heteroatoms. The molecule has 0 aliphatic carbocycles. The molecule has 0 saturated heterocycles. The summed E-state index contributed by atoms with van der Waals surface area (Å²) >= 11 is 1.64. The molecule has 0 aliphatic rings. The Bertz CT molecular complexity index is 342. The Kier molecular flexibility index (Phi) is 4.89. The fourth-order valence-electron chi connectivity index (χ4n) is 1.41. The number of nitrogen functional groups attached to an aromatic ring is 1. The van der Waals surface area contributed by atoms with Gasteiger partial charge in [-0.25, -0.2) is 4.98 Å². The van der Waals surface area contributed by atoms with Gasteiger partial charge in [-0.2, -0.15) is 11.8 Å². The molecule has 1 aromatic rings. The largest absolute Gasteiger partial charge is 0.397 e. The van der Waals surface area contributed by atoms with Gasteiger partial charge in [-0.15, -0.1) is 0 Å². The predicted molar refractivity (Wildman–Crippen MR) is 70.9 cm³/mol. The third-order valence-corrected chi connectivity index (χ3v) is 3.73. The lowest BCUT2D eigenvalue weighted by atomic mass is 10.2. The molecule has 1 heterocycles. The molecule has 90 valence electrons. The SMILES string of the molecule is CSC(CO)C(C)Nc1cc(C)c(N)cn1. The van der Waals surface area contributed by atoms with E-state index in [2.05, 4.69) is 10.3 Å². The van der Waals surface area contributed by atoms with Crippen LogP contribution in [0.3, 0.4) is 0 Å². The first-order valence-corrected chi connectivity index (χ1v) is 6.49. The van der Waals surface area contributed by atoms with E-state index in [-0.39, 0.29) is 17.9 Å². The Morgan fingerprint density at radius 1 is 1.62 bits per heavy atom. The smallest absolute Gasteiger partial charge is 0.126 e. The molecular formula is C11H19N3OS. The predicted octanol–water partition coefficient (Wildman–Crippen LogP) is 1.50. The zero-order valence-corrected chi connectivity index (χ0v) is 10.7. The molecule has 2 atom stereocenters. The van der Waals surface area contributed by atoms with Crippen molar-refractivity contribution in [1.82, 2.24) is 4.98 Å². The third-order valence-electron chi connectivity index (χ3n) is 2.57. The van der Waals surface area contributed by atoms with E-state index >= 15 is 0 Å². The summed E-state index contributed by atoms with van der Waals surface area (Å²) < 4.78 is 0. The van der Waals surface area contributed by atoms with Gasteiger partial charge in [-0.05, 0) is 31.7 Å². The Morgan fingerprint density at radius 3 is 2.81 bits per heavy atom. The van der Waals surface area contributed by atoms with E-state index in [1.54, 1.807) is 18.0 Å². The van der Waals surface area contributed by atoms with Gasteiger partial charge in [0, 0.05) is 11.3 Å². The van der Waals surface area contributed by atoms with Gasteiger partial charge < -0.3 is 16.2 Å². The minimum atomic E-state index is 0.156. The number of aliphatic hydroxyl groups is 1. The first kappa shape index (κ1) is 13.1. The van der Waals surface area contributed by atoms with Crippen LogP contribution in [0.5, 0.6) is 0 Å². The summed E-state index contributed by atoms with van der Waals surface area (Å²) in [4.78, 5) is 4.20. The summed E-state index contributed by atoms with van der Waals surface area (Å²) in [7, 11) is 0. The molecular weight excluding hydrogens is 222 g/mol. The minimum absolute atomic E-state index is 0.156. The number of pyridine rings is 1. The highest BCUT2D eigenvalue weighted by Gasteiger charge is 2.15. The fourth-order valence-corrected chi connectivity index (χ4v) is 2.03. The average molecular weight is 241 g/mol. The van der Waals surface area contributed by atoms with Crippen LogP contribution in [0.2, 0.25) is 0 Å². The Labute approximate surface area is 101 Å². The number of anilines is 2. The van der Waals surface area contributed by atoms with E-state index in [1.807, 2.05) is 26.2 Å². The van der Waals surface area contributed by atoms with E-state index in [9.17, 15) is 5.11 Å². The second-order valence-corrected chi connectivity index (χ2v) is 4.89. The van der Waals surface area contributed by atoms with E-state index < -0.39 is 0 Å². The molecule has 0 aliphatic heterocycles. The maximum atomic E-state index is 9.17. The number of nitrogens with zero attached hydrogens (tertiary/aromatic N) is 1. The molecule has 0 radical (unpaired) electrons. The van der Waals surface area contributed by atoms with E-state index in [4.69, 9.17) is 5.73 Å². The number of hydrogen-bond donors (Lipinski definition) is 3. The average Bonchev–Trinajstić information content (AvgIpc) is 2.25. The number of thioether (sulfide) groups is 1. The lowest BCUT2D eigenvalue weighted by Crippen LogP contribution is -2.31. The lowest BCUT2D eigenvalue weighted by Gasteiger charge is -2.22. The van der Waals surface area contributed by atoms with Crippen molar-refractivity contribution in [2.24, 2.45) is 0 Å².